The van der Waals surface area contributed by atoms with Gasteiger partial charge < -0.3 is 15.5 Å². The van der Waals surface area contributed by atoms with Gasteiger partial charge in [0.2, 0.25) is 5.88 Å². The summed E-state index contributed by atoms with van der Waals surface area (Å²) in [7, 11) is 0. The molecule has 0 aliphatic rings. The van der Waals surface area contributed by atoms with Crippen LogP contribution < -0.4 is 11.1 Å². The van der Waals surface area contributed by atoms with E-state index in [9.17, 15) is 0 Å². The van der Waals surface area contributed by atoms with Crippen LogP contribution in [0.15, 0.2) is 29.4 Å². The van der Waals surface area contributed by atoms with Gasteiger partial charge in [-0.25, -0.2) is 15.0 Å². The zero-order valence-corrected chi connectivity index (χ0v) is 6.64. The third-order valence-corrected chi connectivity index (χ3v) is 1.37. The van der Waals surface area contributed by atoms with E-state index in [0.717, 1.165) is 0 Å². The largest absolute Gasteiger partial charge is 0.428 e. The molecule has 0 saturated carbocycles. The molecule has 2 heterocycles. The molecule has 66 valence electrons. The van der Waals surface area contributed by atoms with Gasteiger partial charge in [-0.05, 0) is 0 Å². The van der Waals surface area contributed by atoms with E-state index in [-0.39, 0.29) is 0 Å². The number of anilines is 3. The Morgan fingerprint density at radius 3 is 3.00 bits per heavy atom. The molecule has 6 nitrogen and oxygen atoms in total. The second-order valence-corrected chi connectivity index (χ2v) is 2.32. The Morgan fingerprint density at radius 2 is 2.31 bits per heavy atom. The minimum atomic E-state index is 0.400. The molecule has 0 atom stereocenters. The van der Waals surface area contributed by atoms with Gasteiger partial charge in [-0.1, -0.05) is 0 Å². The molecule has 0 spiro atoms. The molecule has 0 radical (unpaired) electrons. The maximum Gasteiger partial charge on any atom is 0.218 e. The van der Waals surface area contributed by atoms with E-state index in [2.05, 4.69) is 20.3 Å². The van der Waals surface area contributed by atoms with Crippen molar-refractivity contribution in [1.29, 1.82) is 0 Å². The van der Waals surface area contributed by atoms with Crippen molar-refractivity contribution in [3.8, 4) is 0 Å². The van der Waals surface area contributed by atoms with E-state index >= 15 is 0 Å². The van der Waals surface area contributed by atoms with Crippen molar-refractivity contribution in [1.82, 2.24) is 15.0 Å². The SMILES string of the molecule is Nc1cc(Nc2cnco2)ncn1. The Balaban J connectivity index is 2.19. The first-order valence-corrected chi connectivity index (χ1v) is 3.57. The van der Waals surface area contributed by atoms with Crippen molar-refractivity contribution in [3.05, 3.63) is 25.0 Å². The first-order chi connectivity index (χ1) is 6.34. The predicted octanol–water partition coefficient (Wildman–Crippen LogP) is 0.790. The fourth-order valence-corrected chi connectivity index (χ4v) is 0.844. The zero-order chi connectivity index (χ0) is 9.10. The number of nitrogens with one attached hydrogen (secondary N) is 1. The highest BCUT2D eigenvalue weighted by molar-refractivity contribution is 5.51. The lowest BCUT2D eigenvalue weighted by molar-refractivity contribution is 0.574. The number of hydrogen-bond donors (Lipinski definition) is 2. The Morgan fingerprint density at radius 1 is 1.38 bits per heavy atom. The molecule has 2 aromatic heterocycles. The van der Waals surface area contributed by atoms with Crippen molar-refractivity contribution in [2.24, 2.45) is 0 Å². The van der Waals surface area contributed by atoms with Crippen molar-refractivity contribution < 1.29 is 4.42 Å². The normalized spacial score (nSPS) is 9.85. The van der Waals surface area contributed by atoms with E-state index in [1.54, 1.807) is 6.07 Å². The molecule has 2 rings (SSSR count). The van der Waals surface area contributed by atoms with Crippen LogP contribution in [0.3, 0.4) is 0 Å². The molecule has 0 bridgehead atoms. The van der Waals surface area contributed by atoms with Gasteiger partial charge >= 0.3 is 0 Å². The van der Waals surface area contributed by atoms with E-state index in [1.807, 2.05) is 0 Å². The Kier molecular flexibility index (Phi) is 1.79. The number of nitrogens with zero attached hydrogens (tertiary/aromatic N) is 3. The topological polar surface area (TPSA) is 89.9 Å². The summed E-state index contributed by atoms with van der Waals surface area (Å²) in [5.41, 5.74) is 5.45. The lowest BCUT2D eigenvalue weighted by Gasteiger charge is -1.99. The lowest BCUT2D eigenvalue weighted by Crippen LogP contribution is -1.96. The number of nitrogens with two attached hydrogens (primary N) is 1. The number of rotatable bonds is 2. The molecular weight excluding hydrogens is 170 g/mol. The molecule has 6 heteroatoms. The molecule has 0 amide bonds. The lowest BCUT2D eigenvalue weighted by atomic mass is 10.5. The van der Waals surface area contributed by atoms with E-state index < -0.39 is 0 Å². The van der Waals surface area contributed by atoms with Crippen LogP contribution in [0.4, 0.5) is 17.5 Å². The van der Waals surface area contributed by atoms with Gasteiger partial charge in [-0.3, -0.25) is 0 Å². The summed E-state index contributed by atoms with van der Waals surface area (Å²) in [5.74, 6) is 1.49. The minimum Gasteiger partial charge on any atom is -0.428 e. The van der Waals surface area contributed by atoms with Crippen LogP contribution in [0.25, 0.3) is 0 Å². The Hall–Kier alpha value is -2.11. The second kappa shape index (κ2) is 3.10. The fraction of sp³-hybridized carbons (Fsp3) is 0. The van der Waals surface area contributed by atoms with Gasteiger partial charge in [0.15, 0.2) is 6.39 Å². The molecule has 3 N–H and O–H groups in total. The van der Waals surface area contributed by atoms with Crippen LogP contribution in [0.5, 0.6) is 0 Å². The monoisotopic (exact) mass is 177 g/mol. The number of nitrogen functional groups attached to an aromatic ring is 1. The molecule has 13 heavy (non-hydrogen) atoms. The maximum absolute atomic E-state index is 5.45. The molecule has 2 aromatic rings. The van der Waals surface area contributed by atoms with Gasteiger partial charge in [0.05, 0.1) is 6.20 Å². The molecular formula is C7H7N5O. The molecule has 0 unspecified atom stereocenters. The predicted molar refractivity (Wildman–Crippen MR) is 46.2 cm³/mol. The number of hydrogen-bond acceptors (Lipinski definition) is 6. The summed E-state index contributed by atoms with van der Waals surface area (Å²) < 4.78 is 4.95. The van der Waals surface area contributed by atoms with Crippen LogP contribution in [0, 0.1) is 0 Å². The van der Waals surface area contributed by atoms with Crippen LogP contribution in [0.2, 0.25) is 0 Å². The average Bonchev–Trinajstić information content (AvgIpc) is 2.57. The maximum atomic E-state index is 5.45. The van der Waals surface area contributed by atoms with Crippen molar-refractivity contribution in [2.75, 3.05) is 11.1 Å². The quantitative estimate of drug-likeness (QED) is 0.704. The highest BCUT2D eigenvalue weighted by Gasteiger charge is 1.98. The smallest absolute Gasteiger partial charge is 0.218 e. The third kappa shape index (κ3) is 1.73. The summed E-state index contributed by atoms with van der Waals surface area (Å²) in [5, 5.41) is 2.86. The van der Waals surface area contributed by atoms with E-state index in [0.29, 0.717) is 17.5 Å². The zero-order valence-electron chi connectivity index (χ0n) is 6.64. The van der Waals surface area contributed by atoms with Gasteiger partial charge in [0.25, 0.3) is 0 Å². The van der Waals surface area contributed by atoms with Crippen molar-refractivity contribution in [2.45, 2.75) is 0 Å². The molecule has 0 aromatic carbocycles. The van der Waals surface area contributed by atoms with Crippen LogP contribution in [0.1, 0.15) is 0 Å². The third-order valence-electron chi connectivity index (χ3n) is 1.37. The number of oxazole rings is 1. The minimum absolute atomic E-state index is 0.400. The summed E-state index contributed by atoms with van der Waals surface area (Å²) in [6.45, 7) is 0. The fourth-order valence-electron chi connectivity index (χ4n) is 0.844. The second-order valence-electron chi connectivity index (χ2n) is 2.32. The number of aromatic nitrogens is 3. The summed E-state index contributed by atoms with van der Waals surface area (Å²) in [4.78, 5) is 11.4. The van der Waals surface area contributed by atoms with Crippen molar-refractivity contribution in [3.63, 3.8) is 0 Å². The summed E-state index contributed by atoms with van der Waals surface area (Å²) >= 11 is 0. The van der Waals surface area contributed by atoms with Gasteiger partial charge in [0.1, 0.15) is 18.0 Å². The first-order valence-electron chi connectivity index (χ1n) is 3.57. The molecule has 0 saturated heterocycles. The highest BCUT2D eigenvalue weighted by atomic mass is 16.4. The molecule has 0 aliphatic carbocycles. The van der Waals surface area contributed by atoms with Gasteiger partial charge in [-0.15, -0.1) is 0 Å². The molecule has 0 fully saturated rings. The summed E-state index contributed by atoms with van der Waals surface area (Å²) in [6, 6.07) is 1.60. The van der Waals surface area contributed by atoms with Crippen LogP contribution in [-0.2, 0) is 0 Å². The van der Waals surface area contributed by atoms with Crippen molar-refractivity contribution >= 4 is 17.5 Å². The van der Waals surface area contributed by atoms with Crippen LogP contribution in [-0.4, -0.2) is 15.0 Å². The first kappa shape index (κ1) is 7.53. The van der Waals surface area contributed by atoms with Gasteiger partial charge in [-0.2, -0.15) is 0 Å². The highest BCUT2D eigenvalue weighted by Crippen LogP contribution is 2.13. The standard InChI is InChI=1S/C7H7N5O/c8-5-1-6(11-3-10-5)12-7-2-9-4-13-7/h1-4H,(H3,8,10,11,12). The van der Waals surface area contributed by atoms with E-state index in [4.69, 9.17) is 10.2 Å². The molecule has 0 aliphatic heterocycles. The van der Waals surface area contributed by atoms with Gasteiger partial charge in [0, 0.05) is 6.07 Å². The van der Waals surface area contributed by atoms with E-state index in [1.165, 1.54) is 18.9 Å². The Labute approximate surface area is 73.8 Å². The van der Waals surface area contributed by atoms with Crippen LogP contribution >= 0.6 is 0 Å². The Bertz CT molecular complexity index is 386. The summed E-state index contributed by atoms with van der Waals surface area (Å²) in [6.07, 6.45) is 4.24. The average molecular weight is 177 g/mol.